The van der Waals surface area contributed by atoms with Crippen molar-refractivity contribution in [2.75, 3.05) is 0 Å². The quantitative estimate of drug-likeness (QED) is 0.711. The van der Waals surface area contributed by atoms with E-state index in [0.717, 1.165) is 0 Å². The minimum atomic E-state index is -0.481. The summed E-state index contributed by atoms with van der Waals surface area (Å²) >= 11 is 0. The summed E-state index contributed by atoms with van der Waals surface area (Å²) in [5, 5.41) is 10.1. The molecule has 102 valence electrons. The highest BCUT2D eigenvalue weighted by Crippen LogP contribution is 2.04. The minimum absolute atomic E-state index is 0.0159. The van der Waals surface area contributed by atoms with Crippen molar-refractivity contribution < 1.29 is 9.21 Å². The van der Waals surface area contributed by atoms with Crippen molar-refractivity contribution in [2.24, 2.45) is 0 Å². The van der Waals surface area contributed by atoms with Crippen LogP contribution in [-0.4, -0.2) is 25.7 Å². The van der Waals surface area contributed by atoms with E-state index >= 15 is 0 Å². The maximum absolute atomic E-state index is 12.0. The highest BCUT2D eigenvalue weighted by molar-refractivity contribution is 5.98. The van der Waals surface area contributed by atoms with Crippen LogP contribution in [0.3, 0.4) is 0 Å². The highest BCUT2D eigenvalue weighted by Gasteiger charge is 2.18. The summed E-state index contributed by atoms with van der Waals surface area (Å²) < 4.78 is 6.39. The first-order valence-electron chi connectivity index (χ1n) is 5.90. The van der Waals surface area contributed by atoms with Crippen molar-refractivity contribution in [2.45, 2.75) is 13.5 Å². The molecular weight excluding hydrogens is 262 g/mol. The zero-order valence-electron chi connectivity index (χ0n) is 10.6. The van der Waals surface area contributed by atoms with E-state index in [2.05, 4.69) is 20.6 Å². The number of nitrogens with zero attached hydrogens (tertiary/aromatic N) is 3. The minimum Gasteiger partial charge on any atom is -0.467 e. The second-order valence-electron chi connectivity index (χ2n) is 4.26. The van der Waals surface area contributed by atoms with Crippen molar-refractivity contribution in [3.05, 3.63) is 52.1 Å². The molecule has 0 atom stereocenters. The number of fused-ring (bicyclic) bond motifs is 1. The van der Waals surface area contributed by atoms with E-state index in [-0.39, 0.29) is 17.8 Å². The van der Waals surface area contributed by atoms with Crippen LogP contribution in [0.4, 0.5) is 0 Å². The number of hydrogen-bond acceptors (Lipinski definition) is 5. The van der Waals surface area contributed by atoms with Crippen molar-refractivity contribution in [1.29, 1.82) is 0 Å². The van der Waals surface area contributed by atoms with Crippen LogP contribution in [0.2, 0.25) is 0 Å². The Hall–Kier alpha value is -2.90. The maximum atomic E-state index is 12.0. The molecule has 0 fully saturated rings. The Bertz CT molecular complexity index is 815. The van der Waals surface area contributed by atoms with Gasteiger partial charge in [0.25, 0.3) is 11.5 Å². The smallest absolute Gasteiger partial charge is 0.276 e. The molecule has 0 bridgehead atoms. The Labute approximate surface area is 112 Å². The summed E-state index contributed by atoms with van der Waals surface area (Å²) in [5.41, 5.74) is 0.332. The van der Waals surface area contributed by atoms with Gasteiger partial charge in [-0.1, -0.05) is 5.21 Å². The van der Waals surface area contributed by atoms with Gasteiger partial charge in [-0.3, -0.25) is 9.59 Å². The van der Waals surface area contributed by atoms with Gasteiger partial charge in [-0.25, -0.2) is 4.52 Å². The van der Waals surface area contributed by atoms with Gasteiger partial charge >= 0.3 is 0 Å². The summed E-state index contributed by atoms with van der Waals surface area (Å²) in [7, 11) is 0. The first-order chi connectivity index (χ1) is 9.65. The third-order valence-electron chi connectivity index (χ3n) is 2.75. The molecule has 0 aliphatic carbocycles. The van der Waals surface area contributed by atoms with Crippen LogP contribution in [0.5, 0.6) is 0 Å². The number of rotatable bonds is 3. The molecule has 8 heteroatoms. The van der Waals surface area contributed by atoms with E-state index in [4.69, 9.17) is 4.42 Å². The summed E-state index contributed by atoms with van der Waals surface area (Å²) in [6.45, 7) is 1.94. The third kappa shape index (κ3) is 2.07. The lowest BCUT2D eigenvalue weighted by Crippen LogP contribution is -2.25. The van der Waals surface area contributed by atoms with Gasteiger partial charge in [-0.15, -0.1) is 5.10 Å². The molecule has 3 aromatic heterocycles. The van der Waals surface area contributed by atoms with Crippen LogP contribution >= 0.6 is 0 Å². The third-order valence-corrected chi connectivity index (χ3v) is 2.75. The molecule has 20 heavy (non-hydrogen) atoms. The highest BCUT2D eigenvalue weighted by atomic mass is 16.3. The number of aromatic nitrogens is 4. The number of aromatic amines is 1. The molecule has 8 nitrogen and oxygen atoms in total. The Kier molecular flexibility index (Phi) is 2.82. The van der Waals surface area contributed by atoms with E-state index in [1.165, 1.54) is 10.8 Å². The fourth-order valence-electron chi connectivity index (χ4n) is 1.87. The topological polar surface area (TPSA) is 105 Å². The molecule has 0 radical (unpaired) electrons. The van der Waals surface area contributed by atoms with Crippen LogP contribution in [0.15, 0.2) is 33.8 Å². The van der Waals surface area contributed by atoms with E-state index in [9.17, 15) is 9.59 Å². The Morgan fingerprint density at radius 1 is 1.55 bits per heavy atom. The van der Waals surface area contributed by atoms with Crippen LogP contribution in [0.25, 0.3) is 5.52 Å². The first kappa shape index (κ1) is 12.2. The first-order valence-corrected chi connectivity index (χ1v) is 5.90. The van der Waals surface area contributed by atoms with Gasteiger partial charge < -0.3 is 14.7 Å². The largest absolute Gasteiger partial charge is 0.467 e. The molecular formula is C12H11N5O3. The van der Waals surface area contributed by atoms with Gasteiger partial charge in [0, 0.05) is 5.69 Å². The van der Waals surface area contributed by atoms with E-state index in [0.29, 0.717) is 11.5 Å². The monoisotopic (exact) mass is 273 g/mol. The molecule has 0 aliphatic rings. The molecule has 0 aliphatic heterocycles. The normalized spacial score (nSPS) is 10.8. The number of carbonyl (C=O) groups excluding carboxylic acids is 1. The number of amides is 1. The molecule has 1 amide bonds. The summed E-state index contributed by atoms with van der Waals surface area (Å²) in [6, 6.07) is 3.46. The second kappa shape index (κ2) is 4.65. The average molecular weight is 273 g/mol. The predicted octanol–water partition coefficient (Wildman–Crippen LogP) is 0.249. The molecule has 0 spiro atoms. The van der Waals surface area contributed by atoms with Crippen LogP contribution in [-0.2, 0) is 6.54 Å². The molecule has 0 unspecified atom stereocenters. The van der Waals surface area contributed by atoms with Crippen LogP contribution < -0.4 is 10.9 Å². The number of carbonyl (C=O) groups is 1. The van der Waals surface area contributed by atoms with E-state index in [1.807, 2.05) is 0 Å². The molecule has 2 N–H and O–H groups in total. The molecule has 0 saturated heterocycles. The number of furan rings is 1. The lowest BCUT2D eigenvalue weighted by atomic mass is 10.3. The van der Waals surface area contributed by atoms with Gasteiger partial charge in [-0.05, 0) is 19.1 Å². The zero-order valence-corrected chi connectivity index (χ0v) is 10.6. The average Bonchev–Trinajstić information content (AvgIpc) is 3.04. The molecule has 0 aromatic carbocycles. The lowest BCUT2D eigenvalue weighted by molar-refractivity contribution is 0.0944. The van der Waals surface area contributed by atoms with Gasteiger partial charge in [0.2, 0.25) is 0 Å². The van der Waals surface area contributed by atoms with Gasteiger partial charge in [-0.2, -0.15) is 0 Å². The number of aryl methyl sites for hydroxylation is 1. The van der Waals surface area contributed by atoms with Crippen molar-refractivity contribution in [1.82, 2.24) is 25.1 Å². The Morgan fingerprint density at radius 2 is 2.40 bits per heavy atom. The van der Waals surface area contributed by atoms with Crippen LogP contribution in [0.1, 0.15) is 21.9 Å². The second-order valence-corrected chi connectivity index (χ2v) is 4.26. The maximum Gasteiger partial charge on any atom is 0.276 e. The SMILES string of the molecule is Cc1cn2nnc(C(=O)NCc3ccco3)c2c(=O)[nH]1. The number of hydrogen-bond donors (Lipinski definition) is 2. The van der Waals surface area contributed by atoms with Crippen molar-refractivity contribution >= 4 is 11.4 Å². The number of nitrogens with one attached hydrogen (secondary N) is 2. The van der Waals surface area contributed by atoms with Gasteiger partial charge in [0.1, 0.15) is 5.76 Å². The standard InChI is InChI=1S/C12H11N5O3/c1-7-6-17-10(12(19)14-7)9(15-16-17)11(18)13-5-8-3-2-4-20-8/h2-4,6H,5H2,1H3,(H,13,18)(H,14,19). The summed E-state index contributed by atoms with van der Waals surface area (Å²) in [6.07, 6.45) is 3.11. The lowest BCUT2D eigenvalue weighted by Gasteiger charge is -2.00. The van der Waals surface area contributed by atoms with E-state index < -0.39 is 11.5 Å². The van der Waals surface area contributed by atoms with E-state index in [1.54, 1.807) is 25.3 Å². The molecule has 3 heterocycles. The van der Waals surface area contributed by atoms with Crippen molar-refractivity contribution in [3.8, 4) is 0 Å². The predicted molar refractivity (Wildman–Crippen MR) is 68.2 cm³/mol. The zero-order chi connectivity index (χ0) is 14.1. The summed E-state index contributed by atoms with van der Waals surface area (Å²) in [5.74, 6) is 0.130. The van der Waals surface area contributed by atoms with Crippen LogP contribution in [0, 0.1) is 6.92 Å². The molecule has 0 saturated carbocycles. The number of H-pyrrole nitrogens is 1. The fourth-order valence-corrected chi connectivity index (χ4v) is 1.87. The van der Waals surface area contributed by atoms with Crippen molar-refractivity contribution in [3.63, 3.8) is 0 Å². The Balaban J connectivity index is 1.90. The molecule has 3 rings (SSSR count). The fraction of sp³-hybridized carbons (Fsp3) is 0.167. The molecule has 3 aromatic rings. The Morgan fingerprint density at radius 3 is 3.15 bits per heavy atom. The summed E-state index contributed by atoms with van der Waals surface area (Å²) in [4.78, 5) is 26.5. The van der Waals surface area contributed by atoms with Gasteiger partial charge in [0.05, 0.1) is 19.0 Å². The van der Waals surface area contributed by atoms with Gasteiger partial charge in [0.15, 0.2) is 11.2 Å².